The van der Waals surface area contributed by atoms with Gasteiger partial charge in [0.1, 0.15) is 6.17 Å². The summed E-state index contributed by atoms with van der Waals surface area (Å²) in [5.74, 6) is -1.74. The van der Waals surface area contributed by atoms with E-state index in [1.165, 1.54) is 0 Å². The van der Waals surface area contributed by atoms with Gasteiger partial charge in [-0.3, -0.25) is 4.39 Å². The molecule has 5 heteroatoms. The lowest BCUT2D eigenvalue weighted by molar-refractivity contribution is 0.241. The summed E-state index contributed by atoms with van der Waals surface area (Å²) in [5, 5.41) is 0. The van der Waals surface area contributed by atoms with Gasteiger partial charge in [-0.25, -0.2) is 12.8 Å². The number of hydrogen-bond donors (Lipinski definition) is 0. The molecular weight excluding hydrogens is 162 g/mol. The van der Waals surface area contributed by atoms with Crippen LogP contribution in [-0.2, 0) is 9.84 Å². The molecule has 60 valence electrons. The fourth-order valence-corrected chi connectivity index (χ4v) is 2.86. The Balaban J connectivity index is 2.71. The highest BCUT2D eigenvalue weighted by atomic mass is 32.2. The minimum absolute atomic E-state index is 0.329. The topological polar surface area (TPSA) is 34.1 Å². The number of alkyl halides is 2. The first kappa shape index (κ1) is 7.91. The van der Waals surface area contributed by atoms with Crippen LogP contribution in [0.1, 0.15) is 0 Å². The third kappa shape index (κ3) is 1.45. The van der Waals surface area contributed by atoms with Crippen molar-refractivity contribution in [1.29, 1.82) is 0 Å². The zero-order valence-electron chi connectivity index (χ0n) is 5.26. The second kappa shape index (κ2) is 2.45. The molecule has 1 fully saturated rings. The Kier molecular flexibility index (Phi) is 1.94. The van der Waals surface area contributed by atoms with E-state index in [2.05, 4.69) is 0 Å². The summed E-state index contributed by atoms with van der Waals surface area (Å²) >= 11 is 0. The van der Waals surface area contributed by atoms with Crippen LogP contribution in [0.4, 0.5) is 8.78 Å². The third-order valence-corrected chi connectivity index (χ3v) is 3.35. The Morgan fingerprint density at radius 3 is 2.20 bits per heavy atom. The van der Waals surface area contributed by atoms with Crippen molar-refractivity contribution in [3.63, 3.8) is 0 Å². The fourth-order valence-electron chi connectivity index (χ4n) is 1.02. The molecule has 0 saturated carbocycles. The third-order valence-electron chi connectivity index (χ3n) is 1.59. The van der Waals surface area contributed by atoms with Gasteiger partial charge in [0.15, 0.2) is 9.84 Å². The van der Waals surface area contributed by atoms with Crippen LogP contribution in [0, 0.1) is 5.92 Å². The molecule has 2 nitrogen and oxygen atoms in total. The van der Waals surface area contributed by atoms with Crippen LogP contribution in [0.5, 0.6) is 0 Å². The number of sulfone groups is 1. The van der Waals surface area contributed by atoms with Crippen molar-refractivity contribution in [1.82, 2.24) is 0 Å². The van der Waals surface area contributed by atoms with E-state index in [9.17, 15) is 17.2 Å². The molecular formula is C5H8F2O2S. The van der Waals surface area contributed by atoms with Gasteiger partial charge in [-0.05, 0) is 0 Å². The van der Waals surface area contributed by atoms with Crippen molar-refractivity contribution in [2.45, 2.75) is 6.17 Å². The van der Waals surface area contributed by atoms with Gasteiger partial charge >= 0.3 is 0 Å². The molecule has 0 aliphatic carbocycles. The summed E-state index contributed by atoms with van der Waals surface area (Å²) < 4.78 is 45.5. The van der Waals surface area contributed by atoms with Gasteiger partial charge in [-0.15, -0.1) is 0 Å². The molecule has 2 atom stereocenters. The maximum atomic E-state index is 12.5. The highest BCUT2D eigenvalue weighted by molar-refractivity contribution is 7.91. The van der Waals surface area contributed by atoms with Crippen molar-refractivity contribution < 1.29 is 17.2 Å². The predicted molar refractivity (Wildman–Crippen MR) is 33.0 cm³/mol. The van der Waals surface area contributed by atoms with Crippen molar-refractivity contribution in [3.05, 3.63) is 0 Å². The fraction of sp³-hybridized carbons (Fsp3) is 1.00. The average molecular weight is 170 g/mol. The van der Waals surface area contributed by atoms with Crippen LogP contribution < -0.4 is 0 Å². The lowest BCUT2D eigenvalue weighted by Crippen LogP contribution is -2.14. The van der Waals surface area contributed by atoms with E-state index < -0.39 is 34.4 Å². The van der Waals surface area contributed by atoms with Gasteiger partial charge in [0.2, 0.25) is 0 Å². The van der Waals surface area contributed by atoms with Gasteiger partial charge in [-0.1, -0.05) is 0 Å². The SMILES string of the molecule is O=S1(=O)CC(F)C(CF)C1. The van der Waals surface area contributed by atoms with Gasteiger partial charge in [0.25, 0.3) is 0 Å². The molecule has 2 unspecified atom stereocenters. The van der Waals surface area contributed by atoms with Crippen LogP contribution in [0.25, 0.3) is 0 Å². The lowest BCUT2D eigenvalue weighted by atomic mass is 10.1. The van der Waals surface area contributed by atoms with Gasteiger partial charge in [0, 0.05) is 5.92 Å². The monoisotopic (exact) mass is 170 g/mol. The molecule has 0 amide bonds. The molecule has 0 radical (unpaired) electrons. The van der Waals surface area contributed by atoms with Crippen molar-refractivity contribution >= 4 is 9.84 Å². The van der Waals surface area contributed by atoms with Gasteiger partial charge in [0.05, 0.1) is 18.2 Å². The van der Waals surface area contributed by atoms with Crippen molar-refractivity contribution in [3.8, 4) is 0 Å². The van der Waals surface area contributed by atoms with Crippen LogP contribution >= 0.6 is 0 Å². The van der Waals surface area contributed by atoms with Crippen molar-refractivity contribution in [2.24, 2.45) is 5.92 Å². The predicted octanol–water partition coefficient (Wildman–Crippen LogP) is 0.339. The minimum Gasteiger partial charge on any atom is -0.251 e. The molecule has 1 rings (SSSR count). The van der Waals surface area contributed by atoms with E-state index in [-0.39, 0.29) is 5.75 Å². The molecule has 0 N–H and O–H groups in total. The zero-order chi connectivity index (χ0) is 7.78. The largest absolute Gasteiger partial charge is 0.251 e. The first-order valence-corrected chi connectivity index (χ1v) is 4.78. The Morgan fingerprint density at radius 2 is 2.00 bits per heavy atom. The van der Waals surface area contributed by atoms with Crippen molar-refractivity contribution in [2.75, 3.05) is 18.2 Å². The smallest absolute Gasteiger partial charge is 0.153 e. The molecule has 0 aromatic carbocycles. The van der Waals surface area contributed by atoms with Crippen LogP contribution in [0.2, 0.25) is 0 Å². The van der Waals surface area contributed by atoms with E-state index in [1.807, 2.05) is 0 Å². The Bertz CT molecular complexity index is 212. The second-order valence-corrected chi connectivity index (χ2v) is 4.66. The Morgan fingerprint density at radius 1 is 1.40 bits per heavy atom. The Hall–Kier alpha value is -0.190. The van der Waals surface area contributed by atoms with E-state index in [4.69, 9.17) is 0 Å². The van der Waals surface area contributed by atoms with Gasteiger partial charge < -0.3 is 0 Å². The quantitative estimate of drug-likeness (QED) is 0.568. The summed E-state index contributed by atoms with van der Waals surface area (Å²) in [5.41, 5.74) is 0. The summed E-state index contributed by atoms with van der Waals surface area (Å²) in [4.78, 5) is 0. The lowest BCUT2D eigenvalue weighted by Gasteiger charge is -2.01. The maximum absolute atomic E-state index is 12.5. The molecule has 0 spiro atoms. The van der Waals surface area contributed by atoms with Gasteiger partial charge in [-0.2, -0.15) is 0 Å². The summed E-state index contributed by atoms with van der Waals surface area (Å²) in [6, 6.07) is 0. The standard InChI is InChI=1S/C5H8F2O2S/c6-1-4-2-10(8,9)3-5(4)7/h4-5H,1-3H2. The number of halogens is 2. The first-order chi connectivity index (χ1) is 4.55. The molecule has 0 bridgehead atoms. The molecule has 1 aliphatic heterocycles. The second-order valence-electron chi connectivity index (χ2n) is 2.51. The molecule has 1 saturated heterocycles. The number of rotatable bonds is 1. The average Bonchev–Trinajstić information content (AvgIpc) is 2.05. The first-order valence-electron chi connectivity index (χ1n) is 2.95. The molecule has 1 aliphatic rings. The highest BCUT2D eigenvalue weighted by Gasteiger charge is 2.37. The van der Waals surface area contributed by atoms with E-state index in [1.54, 1.807) is 0 Å². The molecule has 0 aromatic rings. The molecule has 10 heavy (non-hydrogen) atoms. The van der Waals surface area contributed by atoms with Crippen LogP contribution in [0.3, 0.4) is 0 Å². The maximum Gasteiger partial charge on any atom is 0.153 e. The van der Waals surface area contributed by atoms with Crippen LogP contribution in [0.15, 0.2) is 0 Å². The van der Waals surface area contributed by atoms with Crippen LogP contribution in [-0.4, -0.2) is 32.8 Å². The van der Waals surface area contributed by atoms with E-state index in [0.717, 1.165) is 0 Å². The highest BCUT2D eigenvalue weighted by Crippen LogP contribution is 2.22. The molecule has 1 heterocycles. The summed E-state index contributed by atoms with van der Waals surface area (Å²) in [7, 11) is -3.27. The normalized spacial score (nSPS) is 38.2. The summed E-state index contributed by atoms with van der Waals surface area (Å²) in [6.07, 6.45) is -1.49. The summed E-state index contributed by atoms with van der Waals surface area (Å²) in [6.45, 7) is -0.875. The number of hydrogen-bond acceptors (Lipinski definition) is 2. The minimum atomic E-state index is -3.27. The van der Waals surface area contributed by atoms with E-state index in [0.29, 0.717) is 0 Å². The zero-order valence-corrected chi connectivity index (χ0v) is 6.07. The Labute approximate surface area is 58.1 Å². The van der Waals surface area contributed by atoms with E-state index >= 15 is 0 Å². The molecule has 0 aromatic heterocycles.